The molecular weight excluding hydrogens is 248 g/mol. The molecule has 0 fully saturated rings. The molecule has 0 aliphatic carbocycles. The van der Waals surface area contributed by atoms with Gasteiger partial charge in [-0.05, 0) is 24.7 Å². The highest BCUT2D eigenvalue weighted by Gasteiger charge is 2.02. The first kappa shape index (κ1) is 15.0. The van der Waals surface area contributed by atoms with Crippen LogP contribution in [0.3, 0.4) is 0 Å². The lowest BCUT2D eigenvalue weighted by Crippen LogP contribution is -2.28. The van der Waals surface area contributed by atoms with Crippen LogP contribution in [0.5, 0.6) is 0 Å². The van der Waals surface area contributed by atoms with Crippen molar-refractivity contribution >= 4 is 17.7 Å². The summed E-state index contributed by atoms with van der Waals surface area (Å²) in [6, 6.07) is 8.20. The molecule has 5 heteroatoms. The average Bonchev–Trinajstić information content (AvgIpc) is 2.38. The van der Waals surface area contributed by atoms with Crippen molar-refractivity contribution in [3.05, 3.63) is 29.8 Å². The van der Waals surface area contributed by atoms with Crippen molar-refractivity contribution in [3.63, 3.8) is 0 Å². The summed E-state index contributed by atoms with van der Waals surface area (Å²) in [7, 11) is 3.54. The van der Waals surface area contributed by atoms with Gasteiger partial charge in [-0.15, -0.1) is 11.8 Å². The molecular formula is C13H20N2O2S. The highest BCUT2D eigenvalue weighted by molar-refractivity contribution is 8.00. The lowest BCUT2D eigenvalue weighted by molar-refractivity contribution is -0.118. The average molecular weight is 268 g/mol. The minimum atomic E-state index is 0.0380. The van der Waals surface area contributed by atoms with Gasteiger partial charge in [0.15, 0.2) is 0 Å². The van der Waals surface area contributed by atoms with Crippen molar-refractivity contribution in [3.8, 4) is 0 Å². The number of nitrogens with one attached hydrogen (secondary N) is 2. The Hall–Kier alpha value is -1.04. The molecule has 1 rings (SSSR count). The van der Waals surface area contributed by atoms with Crippen LogP contribution in [-0.2, 0) is 16.1 Å². The maximum absolute atomic E-state index is 11.5. The molecule has 2 N–H and O–H groups in total. The molecule has 1 aromatic carbocycles. The Kier molecular flexibility index (Phi) is 7.48. The summed E-state index contributed by atoms with van der Waals surface area (Å²) < 4.78 is 4.87. The molecule has 0 aliphatic rings. The van der Waals surface area contributed by atoms with E-state index in [0.717, 1.165) is 11.4 Å². The smallest absolute Gasteiger partial charge is 0.230 e. The van der Waals surface area contributed by atoms with Crippen molar-refractivity contribution in [1.29, 1.82) is 0 Å². The van der Waals surface area contributed by atoms with Gasteiger partial charge < -0.3 is 15.4 Å². The molecule has 100 valence electrons. The number of benzene rings is 1. The first-order chi connectivity index (χ1) is 8.76. The van der Waals surface area contributed by atoms with E-state index in [1.54, 1.807) is 18.9 Å². The Morgan fingerprint density at radius 2 is 2.28 bits per heavy atom. The lowest BCUT2D eigenvalue weighted by atomic mass is 10.2. The van der Waals surface area contributed by atoms with Crippen LogP contribution in [0.4, 0.5) is 0 Å². The predicted octanol–water partition coefficient (Wildman–Crippen LogP) is 1.26. The van der Waals surface area contributed by atoms with Crippen LogP contribution in [0.1, 0.15) is 5.56 Å². The van der Waals surface area contributed by atoms with Crippen molar-refractivity contribution in [1.82, 2.24) is 10.6 Å². The summed E-state index contributed by atoms with van der Waals surface area (Å²) >= 11 is 1.55. The molecule has 0 spiro atoms. The predicted molar refractivity (Wildman–Crippen MR) is 74.8 cm³/mol. The highest BCUT2D eigenvalue weighted by atomic mass is 32.2. The Balaban J connectivity index is 2.33. The zero-order valence-corrected chi connectivity index (χ0v) is 11.7. The number of thioether (sulfide) groups is 1. The van der Waals surface area contributed by atoms with Crippen LogP contribution >= 0.6 is 11.8 Å². The van der Waals surface area contributed by atoms with Gasteiger partial charge in [0.05, 0.1) is 12.4 Å². The quantitative estimate of drug-likeness (QED) is 0.550. The maximum atomic E-state index is 11.5. The minimum absolute atomic E-state index is 0.0380. The number of amides is 1. The number of hydrogen-bond acceptors (Lipinski definition) is 4. The molecule has 1 amide bonds. The molecule has 1 aromatic rings. The molecule has 0 aliphatic heterocycles. The standard InChI is InChI=1S/C13H20N2O2S/c1-14-9-11-4-3-5-12(8-11)18-10-13(16)15-6-7-17-2/h3-5,8,14H,6-7,9-10H2,1-2H3,(H,15,16). The number of methoxy groups -OCH3 is 1. The number of ether oxygens (including phenoxy) is 1. The van der Waals surface area contributed by atoms with Gasteiger partial charge >= 0.3 is 0 Å². The van der Waals surface area contributed by atoms with Gasteiger partial charge in [-0.1, -0.05) is 12.1 Å². The molecule has 0 bridgehead atoms. The Bertz CT molecular complexity index is 372. The van der Waals surface area contributed by atoms with Gasteiger partial charge in [-0.3, -0.25) is 4.79 Å². The number of hydrogen-bond donors (Lipinski definition) is 2. The zero-order valence-electron chi connectivity index (χ0n) is 10.9. The first-order valence-electron chi connectivity index (χ1n) is 5.88. The number of carbonyl (C=O) groups is 1. The normalized spacial score (nSPS) is 10.3. The third-order valence-electron chi connectivity index (χ3n) is 2.28. The first-order valence-corrected chi connectivity index (χ1v) is 6.87. The largest absolute Gasteiger partial charge is 0.383 e. The van der Waals surface area contributed by atoms with Gasteiger partial charge in [0.25, 0.3) is 0 Å². The fourth-order valence-electron chi connectivity index (χ4n) is 1.44. The fraction of sp³-hybridized carbons (Fsp3) is 0.462. The molecule has 0 heterocycles. The number of carbonyl (C=O) groups excluding carboxylic acids is 1. The van der Waals surface area contributed by atoms with Crippen molar-refractivity contribution in [2.45, 2.75) is 11.4 Å². The third kappa shape index (κ3) is 6.05. The molecule has 0 aromatic heterocycles. The second-order valence-electron chi connectivity index (χ2n) is 3.81. The molecule has 0 unspecified atom stereocenters. The molecule has 0 saturated heterocycles. The van der Waals surface area contributed by atoms with Crippen LogP contribution in [-0.4, -0.2) is 39.0 Å². The summed E-state index contributed by atoms with van der Waals surface area (Å²) in [5, 5.41) is 5.90. The van der Waals surface area contributed by atoms with E-state index < -0.39 is 0 Å². The van der Waals surface area contributed by atoms with E-state index >= 15 is 0 Å². The molecule has 0 radical (unpaired) electrons. The van der Waals surface area contributed by atoms with Gasteiger partial charge in [-0.2, -0.15) is 0 Å². The van der Waals surface area contributed by atoms with Gasteiger partial charge in [0, 0.05) is 25.1 Å². The summed E-state index contributed by atoms with van der Waals surface area (Å²) in [4.78, 5) is 12.6. The highest BCUT2D eigenvalue weighted by Crippen LogP contribution is 2.18. The molecule has 0 saturated carbocycles. The molecule has 4 nitrogen and oxygen atoms in total. The fourth-order valence-corrected chi connectivity index (χ4v) is 2.25. The van der Waals surface area contributed by atoms with Crippen LogP contribution in [0.15, 0.2) is 29.2 Å². The molecule has 18 heavy (non-hydrogen) atoms. The van der Waals surface area contributed by atoms with Crippen LogP contribution in [0.25, 0.3) is 0 Å². The lowest BCUT2D eigenvalue weighted by Gasteiger charge is -2.06. The van der Waals surface area contributed by atoms with Crippen molar-refractivity contribution in [2.75, 3.05) is 33.1 Å². The minimum Gasteiger partial charge on any atom is -0.383 e. The van der Waals surface area contributed by atoms with Crippen molar-refractivity contribution in [2.24, 2.45) is 0 Å². The Morgan fingerprint density at radius 3 is 3.00 bits per heavy atom. The van der Waals surface area contributed by atoms with E-state index in [-0.39, 0.29) is 5.91 Å². The summed E-state index contributed by atoms with van der Waals surface area (Å²) in [6.45, 7) is 1.96. The monoisotopic (exact) mass is 268 g/mol. The SMILES string of the molecule is CNCc1cccc(SCC(=O)NCCOC)c1. The summed E-state index contributed by atoms with van der Waals surface area (Å²) in [6.07, 6.45) is 0. The van der Waals surface area contributed by atoms with Crippen LogP contribution in [0.2, 0.25) is 0 Å². The maximum Gasteiger partial charge on any atom is 0.230 e. The summed E-state index contributed by atoms with van der Waals surface area (Å²) in [5.74, 6) is 0.475. The second kappa shape index (κ2) is 8.97. The van der Waals surface area contributed by atoms with Gasteiger partial charge in [0.1, 0.15) is 0 Å². The van der Waals surface area contributed by atoms with E-state index in [2.05, 4.69) is 22.8 Å². The second-order valence-corrected chi connectivity index (χ2v) is 4.86. The zero-order chi connectivity index (χ0) is 13.2. The van der Waals surface area contributed by atoms with Crippen LogP contribution < -0.4 is 10.6 Å². The molecule has 0 atom stereocenters. The van der Waals surface area contributed by atoms with E-state index in [4.69, 9.17) is 4.74 Å². The topological polar surface area (TPSA) is 50.4 Å². The Labute approximate surface area is 112 Å². The van der Waals surface area contributed by atoms with Gasteiger partial charge in [-0.25, -0.2) is 0 Å². The van der Waals surface area contributed by atoms with E-state index in [1.807, 2.05) is 19.2 Å². The van der Waals surface area contributed by atoms with E-state index in [0.29, 0.717) is 18.9 Å². The van der Waals surface area contributed by atoms with Crippen LogP contribution in [0, 0.1) is 0 Å². The summed E-state index contributed by atoms with van der Waals surface area (Å²) in [5.41, 5.74) is 1.22. The van der Waals surface area contributed by atoms with Crippen molar-refractivity contribution < 1.29 is 9.53 Å². The number of rotatable bonds is 8. The van der Waals surface area contributed by atoms with E-state index in [9.17, 15) is 4.79 Å². The van der Waals surface area contributed by atoms with Gasteiger partial charge in [0.2, 0.25) is 5.91 Å². The Morgan fingerprint density at radius 1 is 1.44 bits per heavy atom. The van der Waals surface area contributed by atoms with E-state index in [1.165, 1.54) is 5.56 Å². The third-order valence-corrected chi connectivity index (χ3v) is 3.27.